The molecule has 0 N–H and O–H groups in total. The molecule has 111 valence electrons. The zero-order chi connectivity index (χ0) is 13.5. The minimum atomic E-state index is -5.62. The number of hydrogen-bond acceptors (Lipinski definition) is 12. The maximum absolute atomic E-state index is 8.58. The van der Waals surface area contributed by atoms with Crippen molar-refractivity contribution in [2.24, 2.45) is 0 Å². The summed E-state index contributed by atoms with van der Waals surface area (Å²) in [5.74, 6) is 0. The second kappa shape index (κ2) is 12.4. The fourth-order valence-corrected chi connectivity index (χ4v) is 0. The standard InChI is InChI=1S/3Mn.12O.2Rh/q;;;;;;;;;6*-1;2*+3. The summed E-state index contributed by atoms with van der Waals surface area (Å²) in [6.45, 7) is 0. The van der Waals surface area contributed by atoms with Crippen molar-refractivity contribution in [3.05, 3.63) is 0 Å². The second-order valence-corrected chi connectivity index (χ2v) is 4.68. The van der Waals surface area contributed by atoms with Crippen LogP contribution in [-0.2, 0) is 102 Å². The van der Waals surface area contributed by atoms with Gasteiger partial charge in [0.25, 0.3) is 0 Å². The first-order valence-corrected chi connectivity index (χ1v) is 7.63. The van der Waals surface area contributed by atoms with Crippen LogP contribution < -0.4 is 25.1 Å². The van der Waals surface area contributed by atoms with Crippen LogP contribution in [0.4, 0.5) is 0 Å². The van der Waals surface area contributed by atoms with Crippen LogP contribution in [0, 0.1) is 0 Å². The molecule has 0 unspecified atom stereocenters. The summed E-state index contributed by atoms with van der Waals surface area (Å²) >= 11 is -16.9. The third-order valence-corrected chi connectivity index (χ3v) is 0. The maximum atomic E-state index is 8.58. The van der Waals surface area contributed by atoms with Crippen LogP contribution in [0.2, 0.25) is 0 Å². The van der Waals surface area contributed by atoms with E-state index in [4.69, 9.17) is 48.1 Å². The van der Waals surface area contributed by atoms with E-state index in [0.29, 0.717) is 0 Å². The van der Waals surface area contributed by atoms with E-state index in [2.05, 4.69) is 0 Å². The van der Waals surface area contributed by atoms with Crippen molar-refractivity contribution in [2.75, 3.05) is 0 Å². The predicted octanol–water partition coefficient (Wildman–Crippen LogP) is -7.86. The van der Waals surface area contributed by atoms with Crippen molar-refractivity contribution in [2.45, 2.75) is 0 Å². The zero-order valence-electron chi connectivity index (χ0n) is 6.70. The average Bonchev–Trinajstić information content (AvgIpc) is 1.41. The molecule has 0 fully saturated rings. The van der Waals surface area contributed by atoms with Crippen LogP contribution in [0.3, 0.4) is 0 Å². The average molecular weight is 563 g/mol. The van der Waals surface area contributed by atoms with Crippen molar-refractivity contribution in [3.63, 3.8) is 0 Å². The Bertz CT molecular complexity index is 341. The number of rotatable bonds is 0. The molecule has 17 heteroatoms. The molecule has 0 saturated heterocycles. The quantitative estimate of drug-likeness (QED) is 0.250. The molecule has 0 aromatic heterocycles. The third-order valence-electron chi connectivity index (χ3n) is 0. The first-order valence-electron chi connectivity index (χ1n) is 1.85. The van der Waals surface area contributed by atoms with Crippen LogP contribution in [0.25, 0.3) is 0 Å². The Kier molecular flexibility index (Phi) is 22.6. The molecule has 17 heavy (non-hydrogen) atoms. The molecular weight excluding hydrogens is 563 g/mol. The van der Waals surface area contributed by atoms with Gasteiger partial charge in [0.1, 0.15) is 0 Å². The summed E-state index contributed by atoms with van der Waals surface area (Å²) in [5.41, 5.74) is 0. The molecule has 0 aliphatic rings. The monoisotopic (exact) mass is 563 g/mol. The maximum Gasteiger partial charge on any atom is 3.00 e. The Balaban J connectivity index is -0.0000000400. The largest absolute Gasteiger partial charge is 3.00 e. The van der Waals surface area contributed by atoms with Gasteiger partial charge in [-0.3, -0.25) is 0 Å². The molecule has 0 aliphatic carbocycles. The molecule has 0 rings (SSSR count). The van der Waals surface area contributed by atoms with Crippen LogP contribution in [0.15, 0.2) is 0 Å². The summed E-state index contributed by atoms with van der Waals surface area (Å²) in [6.07, 6.45) is 0. The van der Waals surface area contributed by atoms with Crippen molar-refractivity contribution in [1.29, 1.82) is 0 Å². The van der Waals surface area contributed by atoms with Crippen LogP contribution in [0.1, 0.15) is 0 Å². The van der Waals surface area contributed by atoms with Gasteiger partial charge in [-0.2, -0.15) is 0 Å². The van der Waals surface area contributed by atoms with Gasteiger partial charge in [-0.1, -0.05) is 0 Å². The predicted molar refractivity (Wildman–Crippen MR) is 4.12 cm³/mol. The van der Waals surface area contributed by atoms with Crippen molar-refractivity contribution in [1.82, 2.24) is 0 Å². The molecule has 0 aliphatic heterocycles. The van der Waals surface area contributed by atoms with E-state index in [-0.39, 0.29) is 39.0 Å². The van der Waals surface area contributed by atoms with E-state index >= 15 is 0 Å². The zero-order valence-corrected chi connectivity index (χ0v) is 13.5. The number of hydrogen-bond donors (Lipinski definition) is 0. The van der Waals surface area contributed by atoms with Gasteiger partial charge in [-0.15, -0.1) is 0 Å². The summed E-state index contributed by atoms with van der Waals surface area (Å²) in [6, 6.07) is 0. The van der Waals surface area contributed by atoms with E-state index < -0.39 is 40.1 Å². The summed E-state index contributed by atoms with van der Waals surface area (Å²) < 4.78 is 103. The normalized spacial score (nSPS) is 10.2. The third kappa shape index (κ3) is 2200. The molecule has 12 nitrogen and oxygen atoms in total. The van der Waals surface area contributed by atoms with Crippen molar-refractivity contribution < 1.29 is 127 Å². The summed E-state index contributed by atoms with van der Waals surface area (Å²) in [4.78, 5) is 0. The fraction of sp³-hybridized carbons (Fsp3) is 0. The van der Waals surface area contributed by atoms with E-state index in [1.807, 2.05) is 0 Å². The molecule has 0 aromatic rings. The smallest absolute Gasteiger partial charge is 3.00 e. The van der Waals surface area contributed by atoms with Crippen LogP contribution in [-0.4, -0.2) is 0 Å². The minimum absolute atomic E-state index is 0. The van der Waals surface area contributed by atoms with Gasteiger partial charge >= 0.3 is 127 Å². The SMILES string of the molecule is [O]=[Mn](=[O])([O-])[O-].[O]=[Mn](=[O])([O-])[O-].[O]=[Mn](=[O])([O-])[O-].[Rh+3].[Rh+3]. The summed E-state index contributed by atoms with van der Waals surface area (Å²) in [5, 5.41) is 0. The molecule has 0 aromatic carbocycles. The molecule has 0 radical (unpaired) electrons. The van der Waals surface area contributed by atoms with Gasteiger partial charge in [0.2, 0.25) is 0 Å². The van der Waals surface area contributed by atoms with E-state index in [9.17, 15) is 0 Å². The molecule has 0 saturated carbocycles. The molecule has 0 amide bonds. The van der Waals surface area contributed by atoms with Crippen LogP contribution in [0.5, 0.6) is 0 Å². The van der Waals surface area contributed by atoms with Gasteiger partial charge in [0, 0.05) is 0 Å². The molecule has 0 atom stereocenters. The van der Waals surface area contributed by atoms with Gasteiger partial charge in [0.05, 0.1) is 0 Å². The Morgan fingerprint density at radius 1 is 0.412 bits per heavy atom. The van der Waals surface area contributed by atoms with Gasteiger partial charge < -0.3 is 0 Å². The van der Waals surface area contributed by atoms with Crippen LogP contribution >= 0.6 is 0 Å². The Morgan fingerprint density at radius 3 is 0.412 bits per heavy atom. The van der Waals surface area contributed by atoms with Gasteiger partial charge in [0.15, 0.2) is 0 Å². The van der Waals surface area contributed by atoms with Gasteiger partial charge in [-0.05, 0) is 0 Å². The van der Waals surface area contributed by atoms with Crippen molar-refractivity contribution in [3.8, 4) is 0 Å². The fourth-order valence-electron chi connectivity index (χ4n) is 0. The van der Waals surface area contributed by atoms with Gasteiger partial charge in [-0.25, -0.2) is 0 Å². The van der Waals surface area contributed by atoms with E-state index in [1.54, 1.807) is 0 Å². The molecule has 0 heterocycles. The minimum Gasteiger partial charge on any atom is 3.00 e. The first-order chi connectivity index (χ1) is 6.00. The topological polar surface area (TPSA) is 241 Å². The summed E-state index contributed by atoms with van der Waals surface area (Å²) in [7, 11) is 0. The van der Waals surface area contributed by atoms with E-state index in [1.165, 1.54) is 0 Å². The Hall–Kier alpha value is 1.37. The second-order valence-electron chi connectivity index (χ2n) is 1.13. The molecule has 0 bridgehead atoms. The molecular formula is Mn3O12Rh2. The van der Waals surface area contributed by atoms with Crippen molar-refractivity contribution >= 4 is 0 Å². The Morgan fingerprint density at radius 2 is 0.412 bits per heavy atom. The van der Waals surface area contributed by atoms with E-state index in [0.717, 1.165) is 0 Å². The Labute approximate surface area is 126 Å². The first kappa shape index (κ1) is 31.0. The molecule has 0 spiro atoms.